The quantitative estimate of drug-likeness (QED) is 0.178. The highest BCUT2D eigenvalue weighted by molar-refractivity contribution is 5.83. The first-order valence-corrected chi connectivity index (χ1v) is 13.6. The molecular weight excluding hydrogens is 520 g/mol. The SMILES string of the molecule is COc1ccccc1CCC(=O)NCC(Cc1c[nH]c2ccccc12)NC(=O)COc1ccc(CCC(N)=O)cc1. The topological polar surface area (TPSA) is 136 Å². The number of hydrogen-bond donors (Lipinski definition) is 4. The van der Waals surface area contributed by atoms with Crippen molar-refractivity contribution in [2.45, 2.75) is 38.1 Å². The molecule has 5 N–H and O–H groups in total. The van der Waals surface area contributed by atoms with Crippen molar-refractivity contribution in [3.05, 3.63) is 95.7 Å². The van der Waals surface area contributed by atoms with Gasteiger partial charge in [0, 0.05) is 36.5 Å². The number of methoxy groups -OCH3 is 1. The van der Waals surface area contributed by atoms with E-state index in [1.165, 1.54) is 0 Å². The van der Waals surface area contributed by atoms with Gasteiger partial charge in [-0.1, -0.05) is 48.5 Å². The second-order valence-corrected chi connectivity index (χ2v) is 9.84. The number of amides is 3. The molecular formula is C32H36N4O5. The van der Waals surface area contributed by atoms with Crippen molar-refractivity contribution in [1.29, 1.82) is 0 Å². The summed E-state index contributed by atoms with van der Waals surface area (Å²) in [5, 5.41) is 7.07. The minimum absolute atomic E-state index is 0.109. The lowest BCUT2D eigenvalue weighted by molar-refractivity contribution is -0.125. The first kappa shape index (κ1) is 29.2. The summed E-state index contributed by atoms with van der Waals surface area (Å²) in [7, 11) is 1.61. The van der Waals surface area contributed by atoms with E-state index >= 15 is 0 Å². The average Bonchev–Trinajstić information content (AvgIpc) is 3.40. The van der Waals surface area contributed by atoms with Crippen LogP contribution in [-0.2, 0) is 33.6 Å². The van der Waals surface area contributed by atoms with Gasteiger partial charge in [0.25, 0.3) is 5.91 Å². The molecule has 0 bridgehead atoms. The highest BCUT2D eigenvalue weighted by atomic mass is 16.5. The number of carbonyl (C=O) groups is 3. The molecule has 1 atom stereocenters. The van der Waals surface area contributed by atoms with E-state index < -0.39 is 0 Å². The third-order valence-electron chi connectivity index (χ3n) is 6.82. The Hall–Kier alpha value is -4.79. The Morgan fingerprint density at radius 1 is 0.878 bits per heavy atom. The molecule has 214 valence electrons. The van der Waals surface area contributed by atoms with Gasteiger partial charge in [0.15, 0.2) is 6.61 Å². The van der Waals surface area contributed by atoms with Gasteiger partial charge in [-0.25, -0.2) is 0 Å². The summed E-state index contributed by atoms with van der Waals surface area (Å²) in [5.41, 5.74) is 9.19. The second kappa shape index (κ2) is 14.6. The van der Waals surface area contributed by atoms with E-state index in [0.29, 0.717) is 31.4 Å². The molecule has 3 aromatic carbocycles. The molecule has 3 amide bonds. The third kappa shape index (κ3) is 8.86. The fraction of sp³-hybridized carbons (Fsp3) is 0.281. The van der Waals surface area contributed by atoms with Crippen LogP contribution in [0.15, 0.2) is 79.0 Å². The van der Waals surface area contributed by atoms with Gasteiger partial charge in [0.1, 0.15) is 11.5 Å². The van der Waals surface area contributed by atoms with Gasteiger partial charge in [-0.05, 0) is 60.2 Å². The molecule has 41 heavy (non-hydrogen) atoms. The Kier molecular flexibility index (Phi) is 10.4. The highest BCUT2D eigenvalue weighted by Crippen LogP contribution is 2.20. The summed E-state index contributed by atoms with van der Waals surface area (Å²) >= 11 is 0. The molecule has 1 aromatic heterocycles. The molecule has 9 nitrogen and oxygen atoms in total. The number of benzene rings is 3. The summed E-state index contributed by atoms with van der Waals surface area (Å²) < 4.78 is 11.1. The highest BCUT2D eigenvalue weighted by Gasteiger charge is 2.17. The van der Waals surface area contributed by atoms with Crippen LogP contribution < -0.4 is 25.8 Å². The van der Waals surface area contributed by atoms with E-state index in [1.807, 2.05) is 66.9 Å². The summed E-state index contributed by atoms with van der Waals surface area (Å²) in [4.78, 5) is 39.8. The van der Waals surface area contributed by atoms with Gasteiger partial charge >= 0.3 is 0 Å². The van der Waals surface area contributed by atoms with Crippen LogP contribution in [0, 0.1) is 0 Å². The number of nitrogens with one attached hydrogen (secondary N) is 3. The number of ether oxygens (including phenoxy) is 2. The van der Waals surface area contributed by atoms with Crippen molar-refractivity contribution in [3.63, 3.8) is 0 Å². The van der Waals surface area contributed by atoms with Gasteiger partial charge in [-0.2, -0.15) is 0 Å². The van der Waals surface area contributed by atoms with Gasteiger partial charge < -0.3 is 30.8 Å². The van der Waals surface area contributed by atoms with E-state index in [1.54, 1.807) is 19.2 Å². The van der Waals surface area contributed by atoms with Gasteiger partial charge in [0.2, 0.25) is 11.8 Å². The summed E-state index contributed by atoms with van der Waals surface area (Å²) in [6, 6.07) is 22.5. The van der Waals surface area contributed by atoms with Crippen molar-refractivity contribution in [2.24, 2.45) is 5.73 Å². The van der Waals surface area contributed by atoms with Crippen LogP contribution in [0.2, 0.25) is 0 Å². The Bertz CT molecular complexity index is 1460. The number of fused-ring (bicyclic) bond motifs is 1. The molecule has 4 aromatic rings. The van der Waals surface area contributed by atoms with Crippen molar-refractivity contribution in [3.8, 4) is 11.5 Å². The molecule has 0 aliphatic carbocycles. The number of primary amides is 1. The second-order valence-electron chi connectivity index (χ2n) is 9.84. The maximum absolute atomic E-state index is 12.9. The fourth-order valence-corrected chi connectivity index (χ4v) is 4.66. The van der Waals surface area contributed by atoms with Crippen LogP contribution in [0.1, 0.15) is 29.5 Å². The Morgan fingerprint density at radius 3 is 2.41 bits per heavy atom. The molecule has 0 radical (unpaired) electrons. The number of aromatic amines is 1. The Morgan fingerprint density at radius 2 is 1.63 bits per heavy atom. The van der Waals surface area contributed by atoms with Gasteiger partial charge in [0.05, 0.1) is 13.2 Å². The number of para-hydroxylation sites is 2. The predicted octanol–water partition coefficient (Wildman–Crippen LogP) is 3.45. The Balaban J connectivity index is 1.34. The van der Waals surface area contributed by atoms with E-state index in [-0.39, 0.29) is 43.3 Å². The zero-order valence-corrected chi connectivity index (χ0v) is 23.2. The lowest BCUT2D eigenvalue weighted by atomic mass is 10.0. The molecule has 0 saturated carbocycles. The third-order valence-corrected chi connectivity index (χ3v) is 6.82. The number of aromatic nitrogens is 1. The summed E-state index contributed by atoms with van der Waals surface area (Å²) in [6.07, 6.45) is 4.13. The standard InChI is InChI=1S/C32H36N4O5/c1-40-29-9-5-2-6-23(29)13-17-31(38)35-20-25(18-24-19-34-28-8-4-3-7-27(24)28)36-32(39)21-41-26-14-10-22(11-15-26)12-16-30(33)37/h2-11,14-15,19,25,34H,12-13,16-18,20-21H2,1H3,(H2,33,37)(H,35,38)(H,36,39). The number of carbonyl (C=O) groups excluding carboxylic acids is 3. The molecule has 9 heteroatoms. The van der Waals surface area contributed by atoms with E-state index in [9.17, 15) is 14.4 Å². The number of hydrogen-bond acceptors (Lipinski definition) is 5. The predicted molar refractivity (Wildman–Crippen MR) is 158 cm³/mol. The first-order chi connectivity index (χ1) is 19.9. The molecule has 0 aliphatic heterocycles. The van der Waals surface area contributed by atoms with E-state index in [2.05, 4.69) is 15.6 Å². The first-order valence-electron chi connectivity index (χ1n) is 13.6. The average molecular weight is 557 g/mol. The minimum Gasteiger partial charge on any atom is -0.496 e. The van der Waals surface area contributed by atoms with Crippen LogP contribution in [-0.4, -0.2) is 49.0 Å². The lowest BCUT2D eigenvalue weighted by Crippen LogP contribution is -2.46. The van der Waals surface area contributed by atoms with Crippen LogP contribution in [0.3, 0.4) is 0 Å². The van der Waals surface area contributed by atoms with Crippen LogP contribution in [0.4, 0.5) is 0 Å². The number of rotatable bonds is 15. The zero-order chi connectivity index (χ0) is 29.0. The molecule has 0 spiro atoms. The number of aryl methyl sites for hydroxylation is 2. The van der Waals surface area contributed by atoms with Crippen LogP contribution >= 0.6 is 0 Å². The van der Waals surface area contributed by atoms with E-state index in [4.69, 9.17) is 15.2 Å². The lowest BCUT2D eigenvalue weighted by Gasteiger charge is -2.20. The van der Waals surface area contributed by atoms with Crippen molar-refractivity contribution in [1.82, 2.24) is 15.6 Å². The number of H-pyrrole nitrogens is 1. The normalized spacial score (nSPS) is 11.5. The van der Waals surface area contributed by atoms with Gasteiger partial charge in [-0.3, -0.25) is 14.4 Å². The molecule has 0 aliphatic rings. The Labute approximate surface area is 239 Å². The fourth-order valence-electron chi connectivity index (χ4n) is 4.66. The largest absolute Gasteiger partial charge is 0.496 e. The monoisotopic (exact) mass is 556 g/mol. The van der Waals surface area contributed by atoms with Crippen LogP contribution in [0.25, 0.3) is 10.9 Å². The zero-order valence-electron chi connectivity index (χ0n) is 23.2. The maximum Gasteiger partial charge on any atom is 0.258 e. The minimum atomic E-state index is -0.350. The number of nitrogens with two attached hydrogens (primary N) is 1. The molecule has 1 heterocycles. The van der Waals surface area contributed by atoms with Crippen LogP contribution in [0.5, 0.6) is 11.5 Å². The molecule has 4 rings (SSSR count). The van der Waals surface area contributed by atoms with Crippen molar-refractivity contribution < 1.29 is 23.9 Å². The van der Waals surface area contributed by atoms with Crippen molar-refractivity contribution in [2.75, 3.05) is 20.3 Å². The van der Waals surface area contributed by atoms with Gasteiger partial charge in [-0.15, -0.1) is 0 Å². The van der Waals surface area contributed by atoms with Crippen molar-refractivity contribution >= 4 is 28.6 Å². The molecule has 1 unspecified atom stereocenters. The smallest absolute Gasteiger partial charge is 0.258 e. The maximum atomic E-state index is 12.9. The molecule has 0 saturated heterocycles. The summed E-state index contributed by atoms with van der Waals surface area (Å²) in [5.74, 6) is 0.542. The summed E-state index contributed by atoms with van der Waals surface area (Å²) in [6.45, 7) is 0.0946. The molecule has 0 fully saturated rings. The van der Waals surface area contributed by atoms with E-state index in [0.717, 1.165) is 33.3 Å².